The van der Waals surface area contributed by atoms with Crippen LogP contribution in [-0.2, 0) is 4.79 Å². The number of hydrogen-bond acceptors (Lipinski definition) is 5. The molecular formula is C21H18N4OS. The summed E-state index contributed by atoms with van der Waals surface area (Å²) in [4.78, 5) is 21.2. The van der Waals surface area contributed by atoms with Crippen molar-refractivity contribution in [3.05, 3.63) is 71.9 Å². The zero-order valence-electron chi connectivity index (χ0n) is 14.8. The predicted octanol–water partition coefficient (Wildman–Crippen LogP) is 4.44. The van der Waals surface area contributed by atoms with Gasteiger partial charge in [0.05, 0.1) is 16.9 Å². The van der Waals surface area contributed by atoms with Crippen LogP contribution in [0.1, 0.15) is 17.7 Å². The minimum atomic E-state index is -0.138. The summed E-state index contributed by atoms with van der Waals surface area (Å²) >= 11 is 1.44. The predicted molar refractivity (Wildman–Crippen MR) is 107 cm³/mol. The third-order valence-corrected chi connectivity index (χ3v) is 4.63. The molecule has 1 N–H and O–H groups in total. The van der Waals surface area contributed by atoms with Gasteiger partial charge in [-0.1, -0.05) is 54.2 Å². The molecule has 1 heterocycles. The van der Waals surface area contributed by atoms with Crippen molar-refractivity contribution in [2.45, 2.75) is 18.5 Å². The maximum Gasteiger partial charge on any atom is 0.225 e. The molecule has 0 fully saturated rings. The number of thioether (sulfide) groups is 1. The quantitative estimate of drug-likeness (QED) is 0.509. The fourth-order valence-electron chi connectivity index (χ4n) is 2.50. The minimum Gasteiger partial charge on any atom is -0.325 e. The van der Waals surface area contributed by atoms with Crippen LogP contribution in [-0.4, -0.2) is 21.6 Å². The van der Waals surface area contributed by atoms with Crippen molar-refractivity contribution in [3.63, 3.8) is 0 Å². The van der Waals surface area contributed by atoms with Gasteiger partial charge in [0.1, 0.15) is 6.07 Å². The average molecular weight is 374 g/mol. The molecule has 0 unspecified atom stereocenters. The number of aromatic nitrogens is 2. The Hall–Kier alpha value is -3.17. The van der Waals surface area contributed by atoms with Gasteiger partial charge in [0.2, 0.25) is 5.91 Å². The third kappa shape index (κ3) is 5.16. The molecule has 0 saturated carbocycles. The van der Waals surface area contributed by atoms with Gasteiger partial charge in [0, 0.05) is 23.4 Å². The van der Waals surface area contributed by atoms with E-state index in [4.69, 9.17) is 5.26 Å². The van der Waals surface area contributed by atoms with E-state index in [1.54, 1.807) is 24.3 Å². The Balaban J connectivity index is 1.60. The lowest BCUT2D eigenvalue weighted by Crippen LogP contribution is -2.13. The number of rotatable bonds is 6. The van der Waals surface area contributed by atoms with Crippen LogP contribution in [0.15, 0.2) is 65.8 Å². The molecule has 0 saturated heterocycles. The number of carbonyl (C=O) groups excluding carboxylic acids is 1. The second kappa shape index (κ2) is 8.97. The van der Waals surface area contributed by atoms with E-state index >= 15 is 0 Å². The molecule has 2 aromatic carbocycles. The molecule has 134 valence electrons. The second-order valence-corrected chi connectivity index (χ2v) is 6.91. The number of nitrogens with zero attached hydrogens (tertiary/aromatic N) is 3. The van der Waals surface area contributed by atoms with Gasteiger partial charge >= 0.3 is 0 Å². The zero-order chi connectivity index (χ0) is 19.1. The van der Waals surface area contributed by atoms with Gasteiger partial charge < -0.3 is 5.32 Å². The number of anilines is 1. The lowest BCUT2D eigenvalue weighted by molar-refractivity contribution is -0.115. The molecule has 0 spiro atoms. The lowest BCUT2D eigenvalue weighted by atomic mass is 10.1. The molecule has 3 rings (SSSR count). The normalized spacial score (nSPS) is 10.2. The van der Waals surface area contributed by atoms with Crippen molar-refractivity contribution >= 4 is 23.4 Å². The van der Waals surface area contributed by atoms with Crippen molar-refractivity contribution in [3.8, 4) is 17.3 Å². The smallest absolute Gasteiger partial charge is 0.225 e. The number of hydrogen-bond donors (Lipinski definition) is 1. The largest absolute Gasteiger partial charge is 0.325 e. The van der Waals surface area contributed by atoms with Gasteiger partial charge in [-0.15, -0.1) is 0 Å². The van der Waals surface area contributed by atoms with Crippen LogP contribution in [0.4, 0.5) is 5.69 Å². The summed E-state index contributed by atoms with van der Waals surface area (Å²) in [6.07, 6.45) is 0.308. The van der Waals surface area contributed by atoms with E-state index in [0.29, 0.717) is 28.6 Å². The van der Waals surface area contributed by atoms with Crippen molar-refractivity contribution in [2.75, 3.05) is 11.1 Å². The van der Waals surface area contributed by atoms with Crippen LogP contribution in [0.3, 0.4) is 0 Å². The van der Waals surface area contributed by atoms with Crippen LogP contribution < -0.4 is 5.32 Å². The topological polar surface area (TPSA) is 78.7 Å². The Morgan fingerprint density at radius 3 is 2.63 bits per heavy atom. The van der Waals surface area contributed by atoms with E-state index in [1.165, 1.54) is 11.8 Å². The Labute approximate surface area is 162 Å². The molecule has 3 aromatic rings. The molecule has 1 aromatic heterocycles. The van der Waals surface area contributed by atoms with Crippen LogP contribution in [0.25, 0.3) is 11.3 Å². The van der Waals surface area contributed by atoms with E-state index in [0.717, 1.165) is 17.0 Å². The number of nitriles is 1. The molecule has 0 radical (unpaired) electrons. The second-order valence-electron chi connectivity index (χ2n) is 5.85. The Bertz CT molecular complexity index is 983. The molecule has 0 atom stereocenters. The lowest BCUT2D eigenvalue weighted by Gasteiger charge is -2.07. The molecule has 5 nitrogen and oxygen atoms in total. The summed E-state index contributed by atoms with van der Waals surface area (Å²) in [6.45, 7) is 1.93. The number of carbonyl (C=O) groups is 1. The van der Waals surface area contributed by atoms with E-state index in [1.807, 2.05) is 43.3 Å². The van der Waals surface area contributed by atoms with Crippen molar-refractivity contribution < 1.29 is 4.79 Å². The SMILES string of the molecule is Cc1cc(-c2ccccc2)nc(SCCC(=O)Nc2ccccc2C#N)n1. The van der Waals surface area contributed by atoms with Gasteiger partial charge in [0.15, 0.2) is 5.16 Å². The average Bonchev–Trinajstić information content (AvgIpc) is 2.68. The fraction of sp³-hybridized carbons (Fsp3) is 0.143. The number of amides is 1. The summed E-state index contributed by atoms with van der Waals surface area (Å²) in [5.74, 6) is 0.416. The van der Waals surface area contributed by atoms with Crippen LogP contribution in [0.5, 0.6) is 0 Å². The zero-order valence-corrected chi connectivity index (χ0v) is 15.7. The van der Waals surface area contributed by atoms with Crippen LogP contribution >= 0.6 is 11.8 Å². The molecular weight excluding hydrogens is 356 g/mol. The first kappa shape index (κ1) is 18.6. The molecule has 6 heteroatoms. The summed E-state index contributed by atoms with van der Waals surface area (Å²) in [5.41, 5.74) is 3.79. The van der Waals surface area contributed by atoms with Crippen LogP contribution in [0.2, 0.25) is 0 Å². The standard InChI is InChI=1S/C21H18N4OS/c1-15-13-19(16-7-3-2-4-8-16)25-21(23-15)27-12-11-20(26)24-18-10-6-5-9-17(18)14-22/h2-10,13H,11-12H2,1H3,(H,24,26). The van der Waals surface area contributed by atoms with E-state index in [2.05, 4.69) is 21.4 Å². The summed E-state index contributed by atoms with van der Waals surface area (Å²) in [5, 5.41) is 12.5. The Morgan fingerprint density at radius 1 is 1.11 bits per heavy atom. The molecule has 0 aliphatic carbocycles. The third-order valence-electron chi connectivity index (χ3n) is 3.79. The van der Waals surface area contributed by atoms with Crippen molar-refractivity contribution in [1.29, 1.82) is 5.26 Å². The minimum absolute atomic E-state index is 0.138. The highest BCUT2D eigenvalue weighted by Crippen LogP contribution is 2.22. The van der Waals surface area contributed by atoms with Crippen LogP contribution in [0, 0.1) is 18.3 Å². The molecule has 27 heavy (non-hydrogen) atoms. The first-order valence-corrected chi connectivity index (χ1v) is 9.47. The maximum atomic E-state index is 12.2. The molecule has 1 amide bonds. The molecule has 0 aliphatic rings. The Morgan fingerprint density at radius 2 is 1.85 bits per heavy atom. The first-order valence-electron chi connectivity index (χ1n) is 8.48. The van der Waals surface area contributed by atoms with Gasteiger partial charge in [-0.2, -0.15) is 5.26 Å². The summed E-state index contributed by atoms with van der Waals surface area (Å²) in [6, 6.07) is 20.9. The maximum absolute atomic E-state index is 12.2. The fourth-order valence-corrected chi connectivity index (χ4v) is 3.34. The molecule has 0 aliphatic heterocycles. The number of benzene rings is 2. The van der Waals surface area contributed by atoms with Gasteiger partial charge in [0.25, 0.3) is 0 Å². The highest BCUT2D eigenvalue weighted by atomic mass is 32.2. The number of aryl methyl sites for hydroxylation is 1. The van der Waals surface area contributed by atoms with E-state index < -0.39 is 0 Å². The van der Waals surface area contributed by atoms with E-state index in [-0.39, 0.29) is 5.91 Å². The summed E-state index contributed by atoms with van der Waals surface area (Å²) < 4.78 is 0. The van der Waals surface area contributed by atoms with Gasteiger partial charge in [-0.25, -0.2) is 9.97 Å². The van der Waals surface area contributed by atoms with Crippen molar-refractivity contribution in [1.82, 2.24) is 9.97 Å². The van der Waals surface area contributed by atoms with Gasteiger partial charge in [-0.3, -0.25) is 4.79 Å². The highest BCUT2D eigenvalue weighted by Gasteiger charge is 2.09. The monoisotopic (exact) mass is 374 g/mol. The first-order chi connectivity index (χ1) is 13.2. The Kier molecular flexibility index (Phi) is 6.18. The van der Waals surface area contributed by atoms with Gasteiger partial charge in [-0.05, 0) is 25.1 Å². The van der Waals surface area contributed by atoms with Crippen molar-refractivity contribution in [2.24, 2.45) is 0 Å². The number of nitrogens with one attached hydrogen (secondary N) is 1. The summed E-state index contributed by atoms with van der Waals surface area (Å²) in [7, 11) is 0. The number of para-hydroxylation sites is 1. The highest BCUT2D eigenvalue weighted by molar-refractivity contribution is 7.99. The van der Waals surface area contributed by atoms with E-state index in [9.17, 15) is 4.79 Å². The molecule has 0 bridgehead atoms.